The van der Waals surface area contributed by atoms with E-state index in [1.165, 1.54) is 16.2 Å². The third kappa shape index (κ3) is 4.93. The predicted molar refractivity (Wildman–Crippen MR) is 71.0 cm³/mol. The molecular weight excluding hydrogens is 216 g/mol. The maximum atomic E-state index is 11.0. The Morgan fingerprint density at radius 2 is 1.75 bits per heavy atom. The zero-order valence-corrected chi connectivity index (χ0v) is 11.6. The Labute approximate surface area is 103 Å². The molecular formula is C14H22OS. The summed E-state index contributed by atoms with van der Waals surface area (Å²) in [4.78, 5) is 13.9. The van der Waals surface area contributed by atoms with Gasteiger partial charge < -0.3 is 4.79 Å². The van der Waals surface area contributed by atoms with Crippen LogP contribution in [-0.4, -0.2) is 5.78 Å². The summed E-state index contributed by atoms with van der Waals surface area (Å²) >= 11 is 1.91. The minimum absolute atomic E-state index is 0.298. The van der Waals surface area contributed by atoms with E-state index in [9.17, 15) is 4.79 Å². The first-order valence-corrected chi connectivity index (χ1v) is 6.86. The summed E-state index contributed by atoms with van der Waals surface area (Å²) in [6, 6.07) is 4.46. The molecule has 1 unspecified atom stereocenters. The molecule has 0 radical (unpaired) electrons. The van der Waals surface area contributed by atoms with Gasteiger partial charge in [-0.15, -0.1) is 11.3 Å². The molecule has 0 aromatic carbocycles. The monoisotopic (exact) mass is 238 g/mol. The third-order valence-electron chi connectivity index (χ3n) is 2.51. The fraction of sp³-hybridized carbons (Fsp3) is 0.643. The molecule has 0 saturated carbocycles. The van der Waals surface area contributed by atoms with Crippen LogP contribution in [0.25, 0.3) is 0 Å². The van der Waals surface area contributed by atoms with E-state index in [1.807, 2.05) is 11.3 Å². The largest absolute Gasteiger partial charge is 0.300 e. The molecule has 0 amide bonds. The van der Waals surface area contributed by atoms with Crippen molar-refractivity contribution in [2.24, 2.45) is 11.8 Å². The molecule has 0 N–H and O–H groups in total. The first kappa shape index (κ1) is 13.4. The standard InChI is InChI=1S/C14H22OS/c1-10(2)7-13-5-6-14(16-13)9-11(3)8-12(4)15/h5-6,10-11H,7-9H2,1-4H3. The lowest BCUT2D eigenvalue weighted by Gasteiger charge is -2.06. The Hall–Kier alpha value is -0.630. The van der Waals surface area contributed by atoms with E-state index >= 15 is 0 Å². The van der Waals surface area contributed by atoms with Crippen LogP contribution in [0.2, 0.25) is 0 Å². The molecule has 1 aromatic rings. The van der Waals surface area contributed by atoms with Gasteiger partial charge >= 0.3 is 0 Å². The minimum atomic E-state index is 0.298. The van der Waals surface area contributed by atoms with Crippen molar-refractivity contribution < 1.29 is 4.79 Å². The highest BCUT2D eigenvalue weighted by Gasteiger charge is 2.09. The fourth-order valence-corrected chi connectivity index (χ4v) is 3.34. The van der Waals surface area contributed by atoms with E-state index in [4.69, 9.17) is 0 Å². The lowest BCUT2D eigenvalue weighted by Crippen LogP contribution is -2.03. The summed E-state index contributed by atoms with van der Waals surface area (Å²) in [5, 5.41) is 0. The highest BCUT2D eigenvalue weighted by molar-refractivity contribution is 7.11. The van der Waals surface area contributed by atoms with Gasteiger partial charge in [-0.25, -0.2) is 0 Å². The SMILES string of the molecule is CC(=O)CC(C)Cc1ccc(CC(C)C)s1. The van der Waals surface area contributed by atoms with Gasteiger partial charge in [0.05, 0.1) is 0 Å². The average molecular weight is 238 g/mol. The molecule has 1 aromatic heterocycles. The van der Waals surface area contributed by atoms with Crippen LogP contribution in [0.15, 0.2) is 12.1 Å². The smallest absolute Gasteiger partial charge is 0.130 e. The summed E-state index contributed by atoms with van der Waals surface area (Å²) in [5.41, 5.74) is 0. The summed E-state index contributed by atoms with van der Waals surface area (Å²) in [6.07, 6.45) is 2.92. The maximum Gasteiger partial charge on any atom is 0.130 e. The van der Waals surface area contributed by atoms with Gasteiger partial charge in [0.2, 0.25) is 0 Å². The summed E-state index contributed by atoms with van der Waals surface area (Å²) in [7, 11) is 0. The van der Waals surface area contributed by atoms with Crippen LogP contribution in [0.5, 0.6) is 0 Å². The Bertz CT molecular complexity index is 338. The lowest BCUT2D eigenvalue weighted by atomic mass is 10.0. The number of hydrogen-bond donors (Lipinski definition) is 0. The number of thiophene rings is 1. The topological polar surface area (TPSA) is 17.1 Å². The van der Waals surface area contributed by atoms with Gasteiger partial charge in [0.25, 0.3) is 0 Å². The Balaban J connectivity index is 2.48. The van der Waals surface area contributed by atoms with Gasteiger partial charge in [-0.3, -0.25) is 0 Å². The van der Waals surface area contributed by atoms with Crippen molar-refractivity contribution in [2.75, 3.05) is 0 Å². The van der Waals surface area contributed by atoms with Crippen LogP contribution < -0.4 is 0 Å². The maximum absolute atomic E-state index is 11.0. The second kappa shape index (κ2) is 6.19. The molecule has 0 aliphatic heterocycles. The molecule has 1 rings (SSSR count). The van der Waals surface area contributed by atoms with Crippen molar-refractivity contribution in [3.63, 3.8) is 0 Å². The number of hydrogen-bond acceptors (Lipinski definition) is 2. The number of carbonyl (C=O) groups excluding carboxylic acids is 1. The second-order valence-corrected chi connectivity index (χ2v) is 6.43. The van der Waals surface area contributed by atoms with Crippen molar-refractivity contribution in [3.8, 4) is 0 Å². The van der Waals surface area contributed by atoms with E-state index in [0.717, 1.165) is 12.3 Å². The van der Waals surface area contributed by atoms with Crippen LogP contribution >= 0.6 is 11.3 Å². The zero-order chi connectivity index (χ0) is 12.1. The van der Waals surface area contributed by atoms with E-state index in [-0.39, 0.29) is 0 Å². The molecule has 0 saturated heterocycles. The number of Topliss-reactive ketones (excluding diaryl/α,β-unsaturated/α-hetero) is 1. The summed E-state index contributed by atoms with van der Waals surface area (Å²) in [6.45, 7) is 8.33. The summed E-state index contributed by atoms with van der Waals surface area (Å²) < 4.78 is 0. The quantitative estimate of drug-likeness (QED) is 0.729. The van der Waals surface area contributed by atoms with Gasteiger partial charge in [0, 0.05) is 16.2 Å². The molecule has 1 heterocycles. The predicted octanol–water partition coefficient (Wildman–Crippen LogP) is 4.10. The zero-order valence-electron chi connectivity index (χ0n) is 10.7. The molecule has 0 fully saturated rings. The molecule has 90 valence electrons. The molecule has 1 nitrogen and oxygen atoms in total. The Morgan fingerprint density at radius 1 is 1.19 bits per heavy atom. The van der Waals surface area contributed by atoms with Crippen LogP contribution in [0, 0.1) is 11.8 Å². The Morgan fingerprint density at radius 3 is 2.25 bits per heavy atom. The first-order chi connectivity index (χ1) is 7.47. The van der Waals surface area contributed by atoms with Crippen LogP contribution in [0.3, 0.4) is 0 Å². The number of carbonyl (C=O) groups is 1. The lowest BCUT2D eigenvalue weighted by molar-refractivity contribution is -0.117. The van der Waals surface area contributed by atoms with Gasteiger partial charge in [-0.1, -0.05) is 20.8 Å². The third-order valence-corrected chi connectivity index (χ3v) is 3.64. The second-order valence-electron chi connectivity index (χ2n) is 5.18. The fourth-order valence-electron chi connectivity index (χ4n) is 1.95. The first-order valence-electron chi connectivity index (χ1n) is 6.04. The highest BCUT2D eigenvalue weighted by Crippen LogP contribution is 2.23. The summed E-state index contributed by atoms with van der Waals surface area (Å²) in [5.74, 6) is 1.50. The number of ketones is 1. The molecule has 1 atom stereocenters. The normalized spacial score (nSPS) is 13.1. The van der Waals surface area contributed by atoms with Crippen LogP contribution in [-0.2, 0) is 17.6 Å². The van der Waals surface area contributed by atoms with E-state index in [0.29, 0.717) is 18.1 Å². The molecule has 0 spiro atoms. The van der Waals surface area contributed by atoms with E-state index in [1.54, 1.807) is 6.92 Å². The van der Waals surface area contributed by atoms with Crippen molar-refractivity contribution in [1.29, 1.82) is 0 Å². The molecule has 2 heteroatoms. The van der Waals surface area contributed by atoms with Crippen molar-refractivity contribution in [1.82, 2.24) is 0 Å². The molecule has 16 heavy (non-hydrogen) atoms. The van der Waals surface area contributed by atoms with Gasteiger partial charge in [0.15, 0.2) is 0 Å². The van der Waals surface area contributed by atoms with E-state index < -0.39 is 0 Å². The van der Waals surface area contributed by atoms with Gasteiger partial charge in [0.1, 0.15) is 5.78 Å². The highest BCUT2D eigenvalue weighted by atomic mass is 32.1. The molecule has 0 aliphatic carbocycles. The molecule has 0 aliphatic rings. The Kier molecular flexibility index (Phi) is 5.20. The van der Waals surface area contributed by atoms with Crippen molar-refractivity contribution in [2.45, 2.75) is 47.0 Å². The van der Waals surface area contributed by atoms with E-state index in [2.05, 4.69) is 32.9 Å². The van der Waals surface area contributed by atoms with Crippen LogP contribution in [0.1, 0.15) is 43.9 Å². The van der Waals surface area contributed by atoms with Crippen molar-refractivity contribution in [3.05, 3.63) is 21.9 Å². The van der Waals surface area contributed by atoms with Crippen LogP contribution in [0.4, 0.5) is 0 Å². The van der Waals surface area contributed by atoms with Gasteiger partial charge in [-0.05, 0) is 43.7 Å². The van der Waals surface area contributed by atoms with Crippen molar-refractivity contribution >= 4 is 17.1 Å². The average Bonchev–Trinajstić information content (AvgIpc) is 2.49. The van der Waals surface area contributed by atoms with Gasteiger partial charge in [-0.2, -0.15) is 0 Å². The number of rotatable bonds is 6. The minimum Gasteiger partial charge on any atom is -0.300 e. The molecule has 0 bridgehead atoms.